The van der Waals surface area contributed by atoms with Crippen LogP contribution in [0.2, 0.25) is 0 Å². The molecule has 2 N–H and O–H groups in total. The zero-order valence-corrected chi connectivity index (χ0v) is 15.7. The quantitative estimate of drug-likeness (QED) is 0.544. The molecule has 0 aromatic heterocycles. The second-order valence-electron chi connectivity index (χ2n) is 6.01. The molecular weight excluding hydrogens is 350 g/mol. The minimum Gasteiger partial charge on any atom is -0.497 e. The maximum absolute atomic E-state index is 12.4. The summed E-state index contributed by atoms with van der Waals surface area (Å²) >= 11 is 0. The third-order valence-corrected chi connectivity index (χ3v) is 4.14. The Morgan fingerprint density at radius 3 is 2.30 bits per heavy atom. The number of hydrogen-bond donors (Lipinski definition) is 2. The molecule has 8 nitrogen and oxygen atoms in total. The van der Waals surface area contributed by atoms with Crippen LogP contribution >= 0.6 is 0 Å². The Morgan fingerprint density at radius 1 is 1.07 bits per heavy atom. The van der Waals surface area contributed by atoms with Gasteiger partial charge in [0.05, 0.1) is 25.2 Å². The van der Waals surface area contributed by atoms with Gasteiger partial charge in [0.25, 0.3) is 5.69 Å². The number of hydrogen-bond acceptors (Lipinski definition) is 6. The van der Waals surface area contributed by atoms with E-state index in [4.69, 9.17) is 9.47 Å². The number of nitro benzene ring substituents is 1. The van der Waals surface area contributed by atoms with Gasteiger partial charge in [-0.05, 0) is 44.2 Å². The van der Waals surface area contributed by atoms with E-state index in [1.165, 1.54) is 24.3 Å². The van der Waals surface area contributed by atoms with Crippen LogP contribution in [0.25, 0.3) is 0 Å². The third-order valence-electron chi connectivity index (χ3n) is 4.14. The summed E-state index contributed by atoms with van der Waals surface area (Å²) in [6.45, 7) is 3.66. The van der Waals surface area contributed by atoms with Gasteiger partial charge in [-0.3, -0.25) is 20.2 Å². The van der Waals surface area contributed by atoms with Crippen molar-refractivity contribution in [3.8, 4) is 11.5 Å². The number of amides is 1. The predicted molar refractivity (Wildman–Crippen MR) is 102 cm³/mol. The topological polar surface area (TPSA) is 103 Å². The fraction of sp³-hybridized carbons (Fsp3) is 0.316. The van der Waals surface area contributed by atoms with E-state index in [0.717, 1.165) is 5.56 Å². The number of carbonyl (C=O) groups is 1. The van der Waals surface area contributed by atoms with Crippen LogP contribution in [0.3, 0.4) is 0 Å². The average Bonchev–Trinajstić information content (AvgIpc) is 2.67. The summed E-state index contributed by atoms with van der Waals surface area (Å²) in [7, 11) is 3.17. The molecular formula is C19H23N3O5. The van der Waals surface area contributed by atoms with E-state index in [9.17, 15) is 14.9 Å². The van der Waals surface area contributed by atoms with Gasteiger partial charge in [0.1, 0.15) is 11.5 Å². The molecule has 2 rings (SSSR count). The van der Waals surface area contributed by atoms with E-state index in [0.29, 0.717) is 17.2 Å². The number of ether oxygens (including phenoxy) is 2. The second-order valence-corrected chi connectivity index (χ2v) is 6.01. The maximum atomic E-state index is 12.4. The van der Waals surface area contributed by atoms with Gasteiger partial charge in [-0.1, -0.05) is 0 Å². The highest BCUT2D eigenvalue weighted by molar-refractivity contribution is 5.94. The monoisotopic (exact) mass is 373 g/mol. The molecule has 2 aromatic rings. The SMILES string of the molecule is COc1ccc(OC)c(C(C)NC(C)C(=O)Nc2ccc([N+](=O)[O-])cc2)c1. The van der Waals surface area contributed by atoms with Crippen molar-refractivity contribution in [1.29, 1.82) is 0 Å². The van der Waals surface area contributed by atoms with Gasteiger partial charge in [-0.2, -0.15) is 0 Å². The molecule has 2 atom stereocenters. The van der Waals surface area contributed by atoms with Crippen LogP contribution in [0.5, 0.6) is 11.5 Å². The minimum atomic E-state index is -0.508. The van der Waals surface area contributed by atoms with Gasteiger partial charge in [-0.15, -0.1) is 0 Å². The van der Waals surface area contributed by atoms with Gasteiger partial charge < -0.3 is 14.8 Å². The lowest BCUT2D eigenvalue weighted by molar-refractivity contribution is -0.384. The highest BCUT2D eigenvalue weighted by Gasteiger charge is 2.19. The lowest BCUT2D eigenvalue weighted by Gasteiger charge is -2.22. The van der Waals surface area contributed by atoms with Crippen molar-refractivity contribution in [2.24, 2.45) is 0 Å². The van der Waals surface area contributed by atoms with Crippen LogP contribution in [0, 0.1) is 10.1 Å². The first kappa shape index (κ1) is 20.2. The van der Waals surface area contributed by atoms with Gasteiger partial charge in [0.15, 0.2) is 0 Å². The smallest absolute Gasteiger partial charge is 0.269 e. The largest absolute Gasteiger partial charge is 0.497 e. The lowest BCUT2D eigenvalue weighted by atomic mass is 10.1. The Hall–Kier alpha value is -3.13. The van der Waals surface area contributed by atoms with E-state index in [1.54, 1.807) is 27.2 Å². The molecule has 0 aliphatic rings. The molecule has 0 saturated carbocycles. The summed E-state index contributed by atoms with van der Waals surface area (Å²) < 4.78 is 10.6. The number of rotatable bonds is 8. The van der Waals surface area contributed by atoms with Crippen molar-refractivity contribution < 1.29 is 19.2 Å². The van der Waals surface area contributed by atoms with Crippen molar-refractivity contribution in [2.45, 2.75) is 25.9 Å². The standard InChI is InChI=1S/C19H23N3O5/c1-12(17-11-16(26-3)9-10-18(17)27-4)20-13(2)19(23)21-14-5-7-15(8-6-14)22(24)25/h5-13,20H,1-4H3,(H,21,23). The molecule has 0 heterocycles. The summed E-state index contributed by atoms with van der Waals surface area (Å²) in [6.07, 6.45) is 0. The Labute approximate surface area is 157 Å². The van der Waals surface area contributed by atoms with Gasteiger partial charge >= 0.3 is 0 Å². The van der Waals surface area contributed by atoms with Gasteiger partial charge in [0, 0.05) is 29.4 Å². The number of benzene rings is 2. The second kappa shape index (κ2) is 9.00. The van der Waals surface area contributed by atoms with Crippen LogP contribution in [0.15, 0.2) is 42.5 Å². The first-order valence-electron chi connectivity index (χ1n) is 8.39. The molecule has 27 heavy (non-hydrogen) atoms. The van der Waals surface area contributed by atoms with Crippen molar-refractivity contribution in [2.75, 3.05) is 19.5 Å². The average molecular weight is 373 g/mol. The van der Waals surface area contributed by atoms with Crippen LogP contribution in [-0.2, 0) is 4.79 Å². The van der Waals surface area contributed by atoms with Crippen molar-refractivity contribution in [1.82, 2.24) is 5.32 Å². The van der Waals surface area contributed by atoms with Crippen molar-refractivity contribution in [3.63, 3.8) is 0 Å². The molecule has 2 unspecified atom stereocenters. The molecule has 1 amide bonds. The molecule has 0 aliphatic heterocycles. The highest BCUT2D eigenvalue weighted by Crippen LogP contribution is 2.29. The lowest BCUT2D eigenvalue weighted by Crippen LogP contribution is -2.39. The molecule has 0 spiro atoms. The summed E-state index contributed by atoms with van der Waals surface area (Å²) in [5, 5.41) is 16.6. The van der Waals surface area contributed by atoms with E-state index in [-0.39, 0.29) is 17.6 Å². The van der Waals surface area contributed by atoms with Crippen LogP contribution in [0.1, 0.15) is 25.5 Å². The number of carbonyl (C=O) groups excluding carboxylic acids is 1. The Morgan fingerprint density at radius 2 is 1.74 bits per heavy atom. The van der Waals surface area contributed by atoms with Crippen LogP contribution < -0.4 is 20.1 Å². The van der Waals surface area contributed by atoms with E-state index in [2.05, 4.69) is 10.6 Å². The Balaban J connectivity index is 2.04. The van der Waals surface area contributed by atoms with Crippen molar-refractivity contribution in [3.05, 3.63) is 58.1 Å². The first-order chi connectivity index (χ1) is 12.8. The number of non-ortho nitro benzene ring substituents is 1. The highest BCUT2D eigenvalue weighted by atomic mass is 16.6. The summed E-state index contributed by atoms with van der Waals surface area (Å²) in [5.74, 6) is 1.14. The molecule has 8 heteroatoms. The normalized spacial score (nSPS) is 12.7. The van der Waals surface area contributed by atoms with Crippen LogP contribution in [-0.4, -0.2) is 31.1 Å². The molecule has 0 bridgehead atoms. The molecule has 0 fully saturated rings. The zero-order valence-electron chi connectivity index (χ0n) is 15.7. The fourth-order valence-electron chi connectivity index (χ4n) is 2.64. The first-order valence-corrected chi connectivity index (χ1v) is 8.39. The van der Waals surface area contributed by atoms with E-state index >= 15 is 0 Å². The molecule has 0 saturated heterocycles. The fourth-order valence-corrected chi connectivity index (χ4v) is 2.64. The maximum Gasteiger partial charge on any atom is 0.269 e. The van der Waals surface area contributed by atoms with Crippen LogP contribution in [0.4, 0.5) is 11.4 Å². The number of anilines is 1. The molecule has 0 aliphatic carbocycles. The third kappa shape index (κ3) is 5.18. The van der Waals surface area contributed by atoms with Gasteiger partial charge in [-0.25, -0.2) is 0 Å². The summed E-state index contributed by atoms with van der Waals surface area (Å²) in [5.41, 5.74) is 1.33. The zero-order chi connectivity index (χ0) is 20.0. The van der Waals surface area contributed by atoms with Gasteiger partial charge in [0.2, 0.25) is 5.91 Å². The number of nitro groups is 1. The summed E-state index contributed by atoms with van der Waals surface area (Å²) in [6, 6.07) is 10.5. The molecule has 0 radical (unpaired) electrons. The Kier molecular flexibility index (Phi) is 6.73. The number of nitrogens with zero attached hydrogens (tertiary/aromatic N) is 1. The summed E-state index contributed by atoms with van der Waals surface area (Å²) in [4.78, 5) is 22.6. The minimum absolute atomic E-state index is 0.0297. The number of nitrogens with one attached hydrogen (secondary N) is 2. The number of methoxy groups -OCH3 is 2. The molecule has 144 valence electrons. The van der Waals surface area contributed by atoms with Crippen molar-refractivity contribution >= 4 is 17.3 Å². The van der Waals surface area contributed by atoms with E-state index < -0.39 is 11.0 Å². The molecule has 2 aromatic carbocycles. The van der Waals surface area contributed by atoms with E-state index in [1.807, 2.05) is 19.1 Å². The predicted octanol–water partition coefficient (Wildman–Crippen LogP) is 3.29. The Bertz CT molecular complexity index is 807.